The van der Waals surface area contributed by atoms with Crippen molar-refractivity contribution in [1.82, 2.24) is 0 Å². The monoisotopic (exact) mass is 212 g/mol. The van der Waals surface area contributed by atoms with Gasteiger partial charge in [0.25, 0.3) is 0 Å². The number of halogens is 1. The number of nitrogen functional groups attached to an aromatic ring is 1. The Hall–Kier alpha value is -1.22. The molecule has 0 aliphatic heterocycles. The highest BCUT2D eigenvalue weighted by Crippen LogP contribution is 2.22. The predicted molar refractivity (Wildman–Crippen MR) is 58.3 cm³/mol. The largest absolute Gasteiger partial charge is 0.493 e. The zero-order valence-electron chi connectivity index (χ0n) is 8.01. The third-order valence-electron chi connectivity index (χ3n) is 1.69. The summed E-state index contributed by atoms with van der Waals surface area (Å²) in [6.45, 7) is 2.63. The molecule has 3 N–H and O–H groups in total. The Labute approximate surface area is 88.3 Å². The molecule has 0 aliphatic carbocycles. The van der Waals surface area contributed by atoms with Gasteiger partial charge in [0, 0.05) is 5.02 Å². The van der Waals surface area contributed by atoms with Gasteiger partial charge in [-0.05, 0) is 24.6 Å². The van der Waals surface area contributed by atoms with Gasteiger partial charge in [0.15, 0.2) is 0 Å². The summed E-state index contributed by atoms with van der Waals surface area (Å²) in [6.07, 6.45) is 0.917. The van der Waals surface area contributed by atoms with Crippen LogP contribution in [0.1, 0.15) is 18.9 Å². The maximum atomic E-state index is 7.35. The van der Waals surface area contributed by atoms with Crippen molar-refractivity contribution < 1.29 is 4.74 Å². The van der Waals surface area contributed by atoms with E-state index in [4.69, 9.17) is 27.5 Å². The van der Waals surface area contributed by atoms with Gasteiger partial charge in [-0.15, -0.1) is 0 Å². The molecule has 0 radical (unpaired) electrons. The predicted octanol–water partition coefficient (Wildman–Crippen LogP) is 2.41. The molecule has 3 nitrogen and oxygen atoms in total. The molecule has 76 valence electrons. The molecule has 0 heterocycles. The molecular weight excluding hydrogens is 200 g/mol. The molecular formula is C10H13ClN2O. The van der Waals surface area contributed by atoms with Crippen LogP contribution >= 0.6 is 11.6 Å². The summed E-state index contributed by atoms with van der Waals surface area (Å²) < 4.78 is 5.42. The maximum absolute atomic E-state index is 7.35. The molecule has 0 aliphatic rings. The van der Waals surface area contributed by atoms with Crippen LogP contribution in [0.25, 0.3) is 0 Å². The minimum Gasteiger partial charge on any atom is -0.493 e. The summed E-state index contributed by atoms with van der Waals surface area (Å²) in [6, 6.07) is 5.09. The normalized spacial score (nSPS) is 9.86. The standard InChI is InChI=1S/C10H13ClN2O/c1-2-5-14-9-4-3-7(11)6-8(9)10(12)13/h3-4,6H,2,5H2,1H3,(H3,12,13). The Morgan fingerprint density at radius 3 is 2.86 bits per heavy atom. The van der Waals surface area contributed by atoms with E-state index in [9.17, 15) is 0 Å². The average Bonchev–Trinajstić information content (AvgIpc) is 2.15. The van der Waals surface area contributed by atoms with Crippen LogP contribution in [0.15, 0.2) is 18.2 Å². The van der Waals surface area contributed by atoms with E-state index in [1.807, 2.05) is 6.92 Å². The molecule has 0 saturated carbocycles. The fraction of sp³-hybridized carbons (Fsp3) is 0.300. The van der Waals surface area contributed by atoms with Crippen molar-refractivity contribution >= 4 is 17.4 Å². The van der Waals surface area contributed by atoms with E-state index < -0.39 is 0 Å². The van der Waals surface area contributed by atoms with E-state index in [-0.39, 0.29) is 5.84 Å². The number of benzene rings is 1. The van der Waals surface area contributed by atoms with E-state index >= 15 is 0 Å². The third-order valence-corrected chi connectivity index (χ3v) is 1.93. The van der Waals surface area contributed by atoms with Gasteiger partial charge in [-0.1, -0.05) is 18.5 Å². The van der Waals surface area contributed by atoms with Crippen molar-refractivity contribution in [2.45, 2.75) is 13.3 Å². The summed E-state index contributed by atoms with van der Waals surface area (Å²) >= 11 is 5.79. The molecule has 0 spiro atoms. The number of nitrogens with one attached hydrogen (secondary N) is 1. The summed E-state index contributed by atoms with van der Waals surface area (Å²) in [7, 11) is 0. The van der Waals surface area contributed by atoms with Crippen LogP contribution in [-0.4, -0.2) is 12.4 Å². The fourth-order valence-corrected chi connectivity index (χ4v) is 1.22. The van der Waals surface area contributed by atoms with Crippen molar-refractivity contribution in [3.8, 4) is 5.75 Å². The van der Waals surface area contributed by atoms with E-state index in [0.29, 0.717) is 22.9 Å². The topological polar surface area (TPSA) is 59.1 Å². The highest BCUT2D eigenvalue weighted by atomic mass is 35.5. The lowest BCUT2D eigenvalue weighted by Gasteiger charge is -2.09. The van der Waals surface area contributed by atoms with Crippen molar-refractivity contribution in [3.63, 3.8) is 0 Å². The fourth-order valence-electron chi connectivity index (χ4n) is 1.05. The quantitative estimate of drug-likeness (QED) is 0.595. The molecule has 0 unspecified atom stereocenters. The Balaban J connectivity index is 2.96. The van der Waals surface area contributed by atoms with Gasteiger partial charge in [0.1, 0.15) is 11.6 Å². The van der Waals surface area contributed by atoms with Crippen LogP contribution in [-0.2, 0) is 0 Å². The summed E-state index contributed by atoms with van der Waals surface area (Å²) in [5, 5.41) is 7.90. The average molecular weight is 213 g/mol. The maximum Gasteiger partial charge on any atom is 0.130 e. The molecule has 0 aromatic heterocycles. The van der Waals surface area contributed by atoms with E-state index in [1.165, 1.54) is 0 Å². The zero-order chi connectivity index (χ0) is 10.6. The molecule has 0 atom stereocenters. The van der Waals surface area contributed by atoms with Crippen molar-refractivity contribution in [2.24, 2.45) is 5.73 Å². The van der Waals surface area contributed by atoms with Gasteiger partial charge in [-0.3, -0.25) is 5.41 Å². The van der Waals surface area contributed by atoms with Gasteiger partial charge in [-0.2, -0.15) is 0 Å². The molecule has 14 heavy (non-hydrogen) atoms. The van der Waals surface area contributed by atoms with Crippen molar-refractivity contribution in [1.29, 1.82) is 5.41 Å². The first-order chi connectivity index (χ1) is 6.65. The van der Waals surface area contributed by atoms with E-state index in [2.05, 4.69) is 0 Å². The number of ether oxygens (including phenoxy) is 1. The molecule has 0 bridgehead atoms. The highest BCUT2D eigenvalue weighted by Gasteiger charge is 2.06. The second kappa shape index (κ2) is 4.86. The summed E-state index contributed by atoms with van der Waals surface area (Å²) in [5.74, 6) is 0.586. The number of nitrogens with two attached hydrogens (primary N) is 1. The minimum absolute atomic E-state index is 0.0291. The molecule has 1 aromatic carbocycles. The Morgan fingerprint density at radius 2 is 2.29 bits per heavy atom. The molecule has 1 aromatic rings. The molecule has 4 heteroatoms. The van der Waals surface area contributed by atoms with Gasteiger partial charge in [0.2, 0.25) is 0 Å². The smallest absolute Gasteiger partial charge is 0.130 e. The number of amidine groups is 1. The van der Waals surface area contributed by atoms with Crippen LogP contribution in [0, 0.1) is 5.41 Å². The van der Waals surface area contributed by atoms with Crippen LogP contribution in [0.3, 0.4) is 0 Å². The zero-order valence-corrected chi connectivity index (χ0v) is 8.77. The lowest BCUT2D eigenvalue weighted by molar-refractivity contribution is 0.317. The Bertz CT molecular complexity index is 339. The number of hydrogen-bond acceptors (Lipinski definition) is 2. The first-order valence-corrected chi connectivity index (χ1v) is 4.79. The second-order valence-corrected chi connectivity index (χ2v) is 3.34. The van der Waals surface area contributed by atoms with Crippen LogP contribution in [0.4, 0.5) is 0 Å². The number of hydrogen-bond donors (Lipinski definition) is 2. The van der Waals surface area contributed by atoms with Crippen LogP contribution < -0.4 is 10.5 Å². The lowest BCUT2D eigenvalue weighted by Crippen LogP contribution is -2.13. The van der Waals surface area contributed by atoms with Crippen LogP contribution in [0.5, 0.6) is 5.75 Å². The van der Waals surface area contributed by atoms with Gasteiger partial charge < -0.3 is 10.5 Å². The molecule has 0 saturated heterocycles. The number of rotatable bonds is 4. The minimum atomic E-state index is -0.0291. The van der Waals surface area contributed by atoms with Crippen molar-refractivity contribution in [3.05, 3.63) is 28.8 Å². The van der Waals surface area contributed by atoms with Gasteiger partial charge >= 0.3 is 0 Å². The Kier molecular flexibility index (Phi) is 3.77. The molecule has 1 rings (SSSR count). The highest BCUT2D eigenvalue weighted by molar-refractivity contribution is 6.31. The summed E-state index contributed by atoms with van der Waals surface area (Å²) in [4.78, 5) is 0. The van der Waals surface area contributed by atoms with E-state index in [1.54, 1.807) is 18.2 Å². The third kappa shape index (κ3) is 2.64. The molecule has 0 amide bonds. The lowest BCUT2D eigenvalue weighted by atomic mass is 10.2. The van der Waals surface area contributed by atoms with Gasteiger partial charge in [-0.25, -0.2) is 0 Å². The first kappa shape index (κ1) is 10.9. The molecule has 0 fully saturated rings. The Morgan fingerprint density at radius 1 is 1.57 bits per heavy atom. The first-order valence-electron chi connectivity index (χ1n) is 4.42. The SMILES string of the molecule is CCCOc1ccc(Cl)cc1C(=N)N. The van der Waals surface area contributed by atoms with E-state index in [0.717, 1.165) is 6.42 Å². The second-order valence-electron chi connectivity index (χ2n) is 2.90. The van der Waals surface area contributed by atoms with Crippen LogP contribution in [0.2, 0.25) is 5.02 Å². The van der Waals surface area contributed by atoms with Gasteiger partial charge in [0.05, 0.1) is 12.2 Å². The summed E-state index contributed by atoms with van der Waals surface area (Å²) in [5.41, 5.74) is 5.95. The van der Waals surface area contributed by atoms with Crippen molar-refractivity contribution in [2.75, 3.05) is 6.61 Å².